The predicted molar refractivity (Wildman–Crippen MR) is 64.9 cm³/mol. The molecule has 0 N–H and O–H groups in total. The average molecular weight is 306 g/mol. The van der Waals surface area contributed by atoms with Crippen molar-refractivity contribution in [3.05, 3.63) is 33.8 Å². The SMILES string of the molecule is COC(=O)c1ccc(Br)c(CC(=O)CCl)c1. The first kappa shape index (κ1) is 13.2. The number of carbonyl (C=O) groups is 2. The fourth-order valence-electron chi connectivity index (χ4n) is 1.21. The van der Waals surface area contributed by atoms with Crippen molar-refractivity contribution in [3.63, 3.8) is 0 Å². The molecule has 0 fully saturated rings. The highest BCUT2D eigenvalue weighted by Gasteiger charge is 2.11. The van der Waals surface area contributed by atoms with Gasteiger partial charge >= 0.3 is 5.97 Å². The Morgan fingerprint density at radius 3 is 2.69 bits per heavy atom. The number of ether oxygens (including phenoxy) is 1. The van der Waals surface area contributed by atoms with Gasteiger partial charge in [0.25, 0.3) is 0 Å². The quantitative estimate of drug-likeness (QED) is 0.634. The lowest BCUT2D eigenvalue weighted by molar-refractivity contribution is -0.116. The van der Waals surface area contributed by atoms with Gasteiger partial charge < -0.3 is 4.74 Å². The summed E-state index contributed by atoms with van der Waals surface area (Å²) in [6, 6.07) is 4.97. The maximum absolute atomic E-state index is 11.3. The molecule has 0 radical (unpaired) electrons. The van der Waals surface area contributed by atoms with Crippen LogP contribution in [0.2, 0.25) is 0 Å². The number of benzene rings is 1. The normalized spacial score (nSPS) is 9.94. The van der Waals surface area contributed by atoms with E-state index < -0.39 is 5.97 Å². The molecule has 1 aromatic carbocycles. The van der Waals surface area contributed by atoms with Crippen LogP contribution >= 0.6 is 27.5 Å². The average Bonchev–Trinajstić information content (AvgIpc) is 2.30. The second kappa shape index (κ2) is 6.01. The Balaban J connectivity index is 2.99. The molecule has 0 aliphatic rings. The minimum atomic E-state index is -0.424. The van der Waals surface area contributed by atoms with Crippen LogP contribution in [0.3, 0.4) is 0 Å². The summed E-state index contributed by atoms with van der Waals surface area (Å²) in [5.74, 6) is -0.550. The van der Waals surface area contributed by atoms with E-state index in [0.29, 0.717) is 5.56 Å². The third-order valence-corrected chi connectivity index (χ3v) is 3.08. The first-order valence-electron chi connectivity index (χ1n) is 4.53. The van der Waals surface area contributed by atoms with Crippen LogP contribution in [0.25, 0.3) is 0 Å². The van der Waals surface area contributed by atoms with Gasteiger partial charge in [-0.2, -0.15) is 0 Å². The van der Waals surface area contributed by atoms with Gasteiger partial charge in [0, 0.05) is 10.9 Å². The Hall–Kier alpha value is -0.870. The number of halogens is 2. The zero-order valence-electron chi connectivity index (χ0n) is 8.63. The predicted octanol–water partition coefficient (Wildman–Crippen LogP) is 2.59. The Morgan fingerprint density at radius 1 is 1.44 bits per heavy atom. The summed E-state index contributed by atoms with van der Waals surface area (Å²) in [4.78, 5) is 22.5. The number of rotatable bonds is 4. The highest BCUT2D eigenvalue weighted by atomic mass is 79.9. The molecule has 3 nitrogen and oxygen atoms in total. The van der Waals surface area contributed by atoms with E-state index in [1.54, 1.807) is 18.2 Å². The summed E-state index contributed by atoms with van der Waals surface area (Å²) in [7, 11) is 1.31. The van der Waals surface area contributed by atoms with Crippen molar-refractivity contribution in [3.8, 4) is 0 Å². The van der Waals surface area contributed by atoms with Crippen molar-refractivity contribution >= 4 is 39.3 Å². The van der Waals surface area contributed by atoms with Crippen LogP contribution in [0.1, 0.15) is 15.9 Å². The Labute approximate surface area is 107 Å². The zero-order valence-corrected chi connectivity index (χ0v) is 11.0. The van der Waals surface area contributed by atoms with E-state index in [1.165, 1.54) is 7.11 Å². The molecule has 5 heteroatoms. The number of carbonyl (C=O) groups excluding carboxylic acids is 2. The largest absolute Gasteiger partial charge is 0.465 e. The zero-order chi connectivity index (χ0) is 12.1. The van der Waals surface area contributed by atoms with Crippen LogP contribution in [-0.4, -0.2) is 24.7 Å². The van der Waals surface area contributed by atoms with E-state index in [0.717, 1.165) is 10.0 Å². The van der Waals surface area contributed by atoms with Gasteiger partial charge in [-0.05, 0) is 23.8 Å². The summed E-state index contributed by atoms with van der Waals surface area (Å²) in [5.41, 5.74) is 1.15. The third-order valence-electron chi connectivity index (χ3n) is 2.00. The van der Waals surface area contributed by atoms with E-state index in [9.17, 15) is 9.59 Å². The summed E-state index contributed by atoms with van der Waals surface area (Å²) >= 11 is 8.74. The van der Waals surface area contributed by atoms with Crippen LogP contribution < -0.4 is 0 Å². The molecular formula is C11H10BrClO3. The molecule has 0 heterocycles. The molecule has 0 aliphatic heterocycles. The number of alkyl halides is 1. The Kier molecular flexibility index (Phi) is 4.96. The third kappa shape index (κ3) is 3.32. The second-order valence-corrected chi connectivity index (χ2v) is 4.27. The lowest BCUT2D eigenvalue weighted by Gasteiger charge is -2.05. The minimum Gasteiger partial charge on any atom is -0.465 e. The van der Waals surface area contributed by atoms with E-state index in [4.69, 9.17) is 11.6 Å². The molecule has 0 saturated carbocycles. The van der Waals surface area contributed by atoms with Crippen LogP contribution in [0.5, 0.6) is 0 Å². The number of Topliss-reactive ketones (excluding diaryl/α,β-unsaturated/α-hetero) is 1. The molecule has 0 amide bonds. The highest BCUT2D eigenvalue weighted by molar-refractivity contribution is 9.10. The molecule has 0 saturated heterocycles. The van der Waals surface area contributed by atoms with Gasteiger partial charge in [0.2, 0.25) is 0 Å². The summed E-state index contributed by atoms with van der Waals surface area (Å²) in [5, 5.41) is 0. The van der Waals surface area contributed by atoms with Crippen LogP contribution in [0.15, 0.2) is 22.7 Å². The number of hydrogen-bond acceptors (Lipinski definition) is 3. The minimum absolute atomic E-state index is 0.0328. The molecule has 0 atom stereocenters. The molecule has 16 heavy (non-hydrogen) atoms. The molecule has 0 spiro atoms. The molecule has 86 valence electrons. The van der Waals surface area contributed by atoms with Gasteiger partial charge in [-0.1, -0.05) is 15.9 Å². The maximum Gasteiger partial charge on any atom is 0.337 e. The maximum atomic E-state index is 11.3. The highest BCUT2D eigenvalue weighted by Crippen LogP contribution is 2.19. The number of hydrogen-bond donors (Lipinski definition) is 0. The van der Waals surface area contributed by atoms with E-state index in [1.807, 2.05) is 0 Å². The van der Waals surface area contributed by atoms with Crippen molar-refractivity contribution in [1.82, 2.24) is 0 Å². The van der Waals surface area contributed by atoms with Crippen molar-refractivity contribution in [2.45, 2.75) is 6.42 Å². The molecule has 1 rings (SSSR count). The van der Waals surface area contributed by atoms with Gasteiger partial charge in [-0.3, -0.25) is 4.79 Å². The van der Waals surface area contributed by atoms with Gasteiger partial charge in [-0.25, -0.2) is 4.79 Å². The van der Waals surface area contributed by atoms with E-state index in [2.05, 4.69) is 20.7 Å². The summed E-state index contributed by atoms with van der Waals surface area (Å²) in [6.07, 6.45) is 0.203. The van der Waals surface area contributed by atoms with E-state index in [-0.39, 0.29) is 18.1 Å². The van der Waals surface area contributed by atoms with Gasteiger partial charge in [0.05, 0.1) is 18.6 Å². The molecule has 0 bridgehead atoms. The van der Waals surface area contributed by atoms with Gasteiger partial charge in [0.15, 0.2) is 5.78 Å². The van der Waals surface area contributed by atoms with Gasteiger partial charge in [0.1, 0.15) is 0 Å². The molecule has 0 unspecified atom stereocenters. The number of ketones is 1. The number of methoxy groups -OCH3 is 1. The van der Waals surface area contributed by atoms with Crippen LogP contribution in [0.4, 0.5) is 0 Å². The smallest absolute Gasteiger partial charge is 0.337 e. The Bertz CT molecular complexity index is 418. The van der Waals surface area contributed by atoms with Crippen molar-refractivity contribution < 1.29 is 14.3 Å². The van der Waals surface area contributed by atoms with Crippen molar-refractivity contribution in [2.75, 3.05) is 13.0 Å². The summed E-state index contributed by atoms with van der Waals surface area (Å²) in [6.45, 7) is 0. The molecule has 0 aliphatic carbocycles. The molecule has 0 aromatic heterocycles. The van der Waals surface area contributed by atoms with E-state index >= 15 is 0 Å². The Morgan fingerprint density at radius 2 is 2.12 bits per heavy atom. The molecule has 1 aromatic rings. The lowest BCUT2D eigenvalue weighted by Crippen LogP contribution is -2.07. The fraction of sp³-hybridized carbons (Fsp3) is 0.273. The summed E-state index contributed by atoms with van der Waals surface area (Å²) < 4.78 is 5.37. The first-order chi connectivity index (χ1) is 7.58. The lowest BCUT2D eigenvalue weighted by atomic mass is 10.1. The topological polar surface area (TPSA) is 43.4 Å². The van der Waals surface area contributed by atoms with Crippen molar-refractivity contribution in [1.29, 1.82) is 0 Å². The fourth-order valence-corrected chi connectivity index (χ4v) is 1.70. The number of esters is 1. The van der Waals surface area contributed by atoms with Crippen LogP contribution in [0, 0.1) is 0 Å². The monoisotopic (exact) mass is 304 g/mol. The van der Waals surface area contributed by atoms with Gasteiger partial charge in [-0.15, -0.1) is 11.6 Å². The first-order valence-corrected chi connectivity index (χ1v) is 5.85. The standard InChI is InChI=1S/C11H10BrClO3/c1-16-11(15)7-2-3-10(12)8(4-7)5-9(14)6-13/h2-4H,5-6H2,1H3. The van der Waals surface area contributed by atoms with Crippen molar-refractivity contribution in [2.24, 2.45) is 0 Å². The second-order valence-electron chi connectivity index (χ2n) is 3.15. The van der Waals surface area contributed by atoms with Crippen LogP contribution in [-0.2, 0) is 16.0 Å². The molecular weight excluding hydrogens is 295 g/mol.